The Hall–Kier alpha value is -2.95. The molecule has 0 radical (unpaired) electrons. The smallest absolute Gasteiger partial charge is 0.167 e. The lowest BCUT2D eigenvalue weighted by Crippen LogP contribution is -2.34. The fourth-order valence-electron chi connectivity index (χ4n) is 4.90. The number of nitrogens with two attached hydrogens (primary N) is 1. The number of hydrogen-bond acceptors (Lipinski definition) is 5. The number of rotatable bonds is 3. The van der Waals surface area contributed by atoms with Gasteiger partial charge in [-0.15, -0.1) is 0 Å². The Morgan fingerprint density at radius 3 is 2.23 bits per heavy atom. The van der Waals surface area contributed by atoms with E-state index in [-0.39, 0.29) is 22.4 Å². The zero-order valence-corrected chi connectivity index (χ0v) is 19.0. The minimum absolute atomic E-state index is 0.0462. The third-order valence-corrected chi connectivity index (χ3v) is 7.03. The number of aromatic nitrogens is 1. The monoisotopic (exact) mass is 417 g/mol. The van der Waals surface area contributed by atoms with Crippen molar-refractivity contribution in [3.05, 3.63) is 69.7 Å². The molecule has 2 aliphatic rings. The number of nitrogens with zero attached hydrogens (tertiary/aromatic N) is 2. The van der Waals surface area contributed by atoms with Crippen LogP contribution < -0.4 is 5.84 Å². The summed E-state index contributed by atoms with van der Waals surface area (Å²) >= 11 is 0. The summed E-state index contributed by atoms with van der Waals surface area (Å²) in [6.45, 7) is 11.3. The second kappa shape index (κ2) is 7.33. The van der Waals surface area contributed by atoms with E-state index < -0.39 is 0 Å². The zero-order valence-electron chi connectivity index (χ0n) is 19.0. The number of Topliss-reactive ketones (excluding diaryl/α,β-unsaturated/α-hetero) is 1. The Balaban J connectivity index is 1.77. The Labute approximate surface area is 184 Å². The number of hydrazone groups is 1. The van der Waals surface area contributed by atoms with Crippen LogP contribution in [-0.4, -0.2) is 21.6 Å². The number of carbonyl (C=O) groups is 1. The van der Waals surface area contributed by atoms with Crippen molar-refractivity contribution < 1.29 is 9.90 Å². The minimum atomic E-state index is -0.0462. The fourth-order valence-corrected chi connectivity index (χ4v) is 4.90. The van der Waals surface area contributed by atoms with Crippen LogP contribution in [-0.2, 0) is 15.6 Å². The third kappa shape index (κ3) is 3.56. The number of aliphatic hydroxyl groups excluding tert-OH is 1. The molecule has 0 aliphatic heterocycles. The summed E-state index contributed by atoms with van der Waals surface area (Å²) in [5.74, 6) is 5.95. The highest BCUT2D eigenvalue weighted by Crippen LogP contribution is 2.46. The van der Waals surface area contributed by atoms with Gasteiger partial charge in [0, 0.05) is 30.2 Å². The van der Waals surface area contributed by atoms with Crippen LogP contribution in [0.2, 0.25) is 0 Å². The molecule has 0 saturated carbocycles. The number of fused-ring (bicyclic) bond motifs is 1. The van der Waals surface area contributed by atoms with Gasteiger partial charge >= 0.3 is 0 Å². The van der Waals surface area contributed by atoms with Gasteiger partial charge in [0.25, 0.3) is 0 Å². The number of benzene rings is 1. The average molecular weight is 418 g/mol. The summed E-state index contributed by atoms with van der Waals surface area (Å²) in [6.07, 6.45) is 4.65. The average Bonchev–Trinajstić information content (AvgIpc) is 3.06. The molecular weight excluding hydrogens is 386 g/mol. The summed E-state index contributed by atoms with van der Waals surface area (Å²) in [6, 6.07) is 8.15. The van der Waals surface area contributed by atoms with Crippen LogP contribution >= 0.6 is 0 Å². The van der Waals surface area contributed by atoms with E-state index in [1.165, 1.54) is 11.1 Å². The molecule has 5 nitrogen and oxygen atoms in total. The molecule has 0 fully saturated rings. The van der Waals surface area contributed by atoms with Crippen LogP contribution in [0.4, 0.5) is 0 Å². The van der Waals surface area contributed by atoms with E-state index >= 15 is 0 Å². The SMILES string of the molecule is Cc1cc2c(cc1/C(=N\N)c1ccc(C3=C(O)CCC3=O)cn1)C(C)(C)CCC2(C)C. The minimum Gasteiger partial charge on any atom is -0.512 e. The molecule has 0 saturated heterocycles. The number of aliphatic hydroxyl groups is 1. The summed E-state index contributed by atoms with van der Waals surface area (Å²) in [5.41, 5.74) is 7.33. The van der Waals surface area contributed by atoms with Crippen molar-refractivity contribution in [2.75, 3.05) is 0 Å². The van der Waals surface area contributed by atoms with Gasteiger partial charge in [-0.1, -0.05) is 39.8 Å². The summed E-state index contributed by atoms with van der Waals surface area (Å²) < 4.78 is 0. The van der Waals surface area contributed by atoms with Crippen LogP contribution in [0.25, 0.3) is 5.57 Å². The predicted molar refractivity (Wildman–Crippen MR) is 124 cm³/mol. The van der Waals surface area contributed by atoms with Gasteiger partial charge in [0.2, 0.25) is 0 Å². The highest BCUT2D eigenvalue weighted by atomic mass is 16.3. The first-order valence-electron chi connectivity index (χ1n) is 10.9. The molecule has 0 bridgehead atoms. The van der Waals surface area contributed by atoms with Crippen molar-refractivity contribution in [2.24, 2.45) is 10.9 Å². The molecule has 31 heavy (non-hydrogen) atoms. The fraction of sp³-hybridized carbons (Fsp3) is 0.423. The molecule has 2 aromatic rings. The van der Waals surface area contributed by atoms with Gasteiger partial charge < -0.3 is 10.9 Å². The van der Waals surface area contributed by atoms with E-state index in [9.17, 15) is 9.90 Å². The highest BCUT2D eigenvalue weighted by molar-refractivity contribution is 6.23. The van der Waals surface area contributed by atoms with Crippen LogP contribution in [0, 0.1) is 6.92 Å². The van der Waals surface area contributed by atoms with Gasteiger partial charge in [-0.25, -0.2) is 0 Å². The van der Waals surface area contributed by atoms with Crippen molar-refractivity contribution in [3.8, 4) is 0 Å². The summed E-state index contributed by atoms with van der Waals surface area (Å²) in [4.78, 5) is 16.6. The highest BCUT2D eigenvalue weighted by Gasteiger charge is 2.37. The Bertz CT molecular complexity index is 1120. The van der Waals surface area contributed by atoms with E-state index in [2.05, 4.69) is 56.8 Å². The number of hydrogen-bond donors (Lipinski definition) is 2. The van der Waals surface area contributed by atoms with Crippen molar-refractivity contribution in [1.82, 2.24) is 4.98 Å². The maximum Gasteiger partial charge on any atom is 0.167 e. The molecule has 1 aromatic heterocycles. The van der Waals surface area contributed by atoms with E-state index in [0.29, 0.717) is 35.4 Å². The maximum atomic E-state index is 12.1. The number of aryl methyl sites for hydroxylation is 1. The van der Waals surface area contributed by atoms with Crippen molar-refractivity contribution in [1.29, 1.82) is 0 Å². The molecule has 1 heterocycles. The van der Waals surface area contributed by atoms with Gasteiger partial charge in [-0.3, -0.25) is 9.78 Å². The van der Waals surface area contributed by atoms with Crippen molar-refractivity contribution in [2.45, 2.75) is 71.1 Å². The van der Waals surface area contributed by atoms with Gasteiger partial charge in [-0.05, 0) is 59.4 Å². The molecule has 1 aromatic carbocycles. The van der Waals surface area contributed by atoms with E-state index in [1.54, 1.807) is 6.20 Å². The zero-order chi connectivity index (χ0) is 22.6. The van der Waals surface area contributed by atoms with Gasteiger partial charge in [-0.2, -0.15) is 5.10 Å². The largest absolute Gasteiger partial charge is 0.512 e. The molecule has 162 valence electrons. The Morgan fingerprint density at radius 2 is 1.71 bits per heavy atom. The van der Waals surface area contributed by atoms with Crippen LogP contribution in [0.1, 0.15) is 86.9 Å². The molecule has 0 amide bonds. The van der Waals surface area contributed by atoms with Crippen molar-refractivity contribution >= 4 is 17.1 Å². The number of ketones is 1. The number of carbonyl (C=O) groups excluding carboxylic acids is 1. The van der Waals surface area contributed by atoms with Crippen LogP contribution in [0.15, 0.2) is 41.3 Å². The topological polar surface area (TPSA) is 88.6 Å². The van der Waals surface area contributed by atoms with Crippen LogP contribution in [0.3, 0.4) is 0 Å². The molecule has 5 heteroatoms. The first-order valence-corrected chi connectivity index (χ1v) is 10.9. The standard InChI is InChI=1S/C26H31N3O2/c1-15-12-18-19(26(4,5)11-10-25(18,2)3)13-17(15)24(29-27)20-7-6-16(14-28-20)23-21(30)8-9-22(23)31/h6-7,12-14,30H,8-11,27H2,1-5H3/b29-24+. The first-order chi connectivity index (χ1) is 14.5. The third-order valence-electron chi connectivity index (χ3n) is 7.03. The number of allylic oxidation sites excluding steroid dienone is 2. The normalized spacial score (nSPS) is 20.2. The molecule has 0 atom stereocenters. The Morgan fingerprint density at radius 1 is 1.06 bits per heavy atom. The van der Waals surface area contributed by atoms with Crippen LogP contribution in [0.5, 0.6) is 0 Å². The second-order valence-electron chi connectivity index (χ2n) is 10.1. The second-order valence-corrected chi connectivity index (χ2v) is 10.1. The van der Waals surface area contributed by atoms with E-state index in [1.807, 2.05) is 12.1 Å². The van der Waals surface area contributed by atoms with Crippen molar-refractivity contribution in [3.63, 3.8) is 0 Å². The molecule has 4 rings (SSSR count). The summed E-state index contributed by atoms with van der Waals surface area (Å²) in [5, 5.41) is 14.1. The summed E-state index contributed by atoms with van der Waals surface area (Å²) in [7, 11) is 0. The molecular formula is C26H31N3O2. The lowest BCUT2D eigenvalue weighted by molar-refractivity contribution is -0.113. The van der Waals surface area contributed by atoms with Gasteiger partial charge in [0.05, 0.1) is 11.3 Å². The quantitative estimate of drug-likeness (QED) is 0.414. The maximum absolute atomic E-state index is 12.1. The lowest BCUT2D eigenvalue weighted by atomic mass is 9.62. The van der Waals surface area contributed by atoms with E-state index in [0.717, 1.165) is 24.0 Å². The molecule has 2 aliphatic carbocycles. The van der Waals surface area contributed by atoms with E-state index in [4.69, 9.17) is 5.84 Å². The number of pyridine rings is 1. The molecule has 3 N–H and O–H groups in total. The van der Waals surface area contributed by atoms with Gasteiger partial charge in [0.1, 0.15) is 11.5 Å². The lowest BCUT2D eigenvalue weighted by Gasteiger charge is -2.42. The molecule has 0 spiro atoms. The van der Waals surface area contributed by atoms with Gasteiger partial charge in [0.15, 0.2) is 5.78 Å². The molecule has 0 unspecified atom stereocenters. The first kappa shape index (κ1) is 21.3. The Kier molecular flexibility index (Phi) is 5.03. The predicted octanol–water partition coefficient (Wildman–Crippen LogP) is 5.08.